The summed E-state index contributed by atoms with van der Waals surface area (Å²) < 4.78 is 8.16. The molecule has 0 unspecified atom stereocenters. The Morgan fingerprint density at radius 3 is 2.91 bits per heavy atom. The van der Waals surface area contributed by atoms with Crippen LogP contribution in [0.2, 0.25) is 6.82 Å². The summed E-state index contributed by atoms with van der Waals surface area (Å²) in [5.74, 6) is 1.14. The van der Waals surface area contributed by atoms with E-state index in [1.807, 2.05) is 12.1 Å². The van der Waals surface area contributed by atoms with Crippen molar-refractivity contribution in [2.45, 2.75) is 13.7 Å². The highest BCUT2D eigenvalue weighted by atomic mass is 16.3. The maximum Gasteiger partial charge on any atom is 0.447 e. The molecule has 0 amide bonds. The topological polar surface area (TPSA) is 33.2 Å². The van der Waals surface area contributed by atoms with Crippen molar-refractivity contribution in [3.8, 4) is 0 Å². The number of rotatable bonds is 1. The molecule has 0 aliphatic carbocycles. The first-order chi connectivity index (χ1) is 10.7. The second-order valence-electron chi connectivity index (χ2n) is 5.74. The number of hydrogen-bond donors (Lipinski definition) is 0. The zero-order valence-corrected chi connectivity index (χ0v) is 12.9. The lowest BCUT2D eigenvalue weighted by atomic mass is 9.57. The molecule has 1 aliphatic rings. The van der Waals surface area contributed by atoms with Crippen LogP contribution in [0.4, 0.5) is 5.82 Å². The van der Waals surface area contributed by atoms with Crippen LogP contribution in [0, 0.1) is 0 Å². The van der Waals surface area contributed by atoms with Crippen molar-refractivity contribution in [2.24, 2.45) is 7.05 Å². The molecule has 0 saturated heterocycles. The van der Waals surface area contributed by atoms with Gasteiger partial charge < -0.3 is 4.42 Å². The second kappa shape index (κ2) is 4.73. The van der Waals surface area contributed by atoms with E-state index in [2.05, 4.69) is 65.6 Å². The smallest absolute Gasteiger partial charge is 0.447 e. The molecule has 3 aromatic heterocycles. The third-order valence-corrected chi connectivity index (χ3v) is 4.31. The van der Waals surface area contributed by atoms with Gasteiger partial charge in [-0.05, 0) is 38.0 Å². The number of furan rings is 1. The van der Waals surface area contributed by atoms with Gasteiger partial charge in [-0.1, -0.05) is 6.07 Å². The minimum absolute atomic E-state index is 0.128. The molecule has 0 aromatic carbocycles. The minimum atomic E-state index is 0.128. The zero-order valence-electron chi connectivity index (χ0n) is 12.9. The second-order valence-corrected chi connectivity index (χ2v) is 5.74. The number of pyridine rings is 2. The Bertz CT molecular complexity index is 900. The van der Waals surface area contributed by atoms with E-state index >= 15 is 0 Å². The highest BCUT2D eigenvalue weighted by Gasteiger charge is 2.40. The normalized spacial score (nSPS) is 14.2. The number of aryl methyl sites for hydroxylation is 1. The van der Waals surface area contributed by atoms with E-state index in [0.717, 1.165) is 22.4 Å². The molecule has 108 valence electrons. The first-order valence-corrected chi connectivity index (χ1v) is 7.46. The van der Waals surface area contributed by atoms with E-state index in [4.69, 9.17) is 4.42 Å². The minimum Gasteiger partial charge on any atom is -0.447 e. The van der Waals surface area contributed by atoms with Crippen LogP contribution < -0.4 is 15.0 Å². The number of anilines is 1. The molecule has 0 spiro atoms. The average Bonchev–Trinajstić information content (AvgIpc) is 2.88. The highest BCUT2D eigenvalue weighted by molar-refractivity contribution is 6.76. The molecule has 4 rings (SSSR count). The monoisotopic (exact) mass is 290 g/mol. The van der Waals surface area contributed by atoms with Crippen molar-refractivity contribution in [3.05, 3.63) is 54.0 Å². The molecule has 5 heteroatoms. The molecular formula is C17H17BN3O+. The van der Waals surface area contributed by atoms with E-state index in [1.165, 1.54) is 5.70 Å². The van der Waals surface area contributed by atoms with Gasteiger partial charge in [-0.25, -0.2) is 9.55 Å². The molecule has 4 nitrogen and oxygen atoms in total. The number of nitrogens with zero attached hydrogens (tertiary/aromatic N) is 3. The van der Waals surface area contributed by atoms with Gasteiger partial charge in [-0.3, -0.25) is 4.81 Å². The lowest BCUT2D eigenvalue weighted by Gasteiger charge is -2.25. The highest BCUT2D eigenvalue weighted by Crippen LogP contribution is 2.28. The Kier molecular flexibility index (Phi) is 2.82. The summed E-state index contributed by atoms with van der Waals surface area (Å²) in [4.78, 5) is 6.64. The maximum atomic E-state index is 6.04. The first-order valence-electron chi connectivity index (χ1n) is 7.46. The quantitative estimate of drug-likeness (QED) is 0.509. The summed E-state index contributed by atoms with van der Waals surface area (Å²) in [7, 11) is 2.06. The molecule has 3 aromatic rings. The van der Waals surface area contributed by atoms with Gasteiger partial charge in [0.2, 0.25) is 5.71 Å². The Hall–Kier alpha value is -2.56. The zero-order chi connectivity index (χ0) is 15.3. The van der Waals surface area contributed by atoms with Gasteiger partial charge in [-0.15, -0.1) is 0 Å². The number of hydrogen-bond acceptors (Lipinski definition) is 3. The summed E-state index contributed by atoms with van der Waals surface area (Å²) in [5, 5.41) is 1.08. The number of allylic oxidation sites excluding steroid dienone is 1. The van der Waals surface area contributed by atoms with Crippen LogP contribution in [0.3, 0.4) is 0 Å². The fourth-order valence-electron chi connectivity index (χ4n) is 3.27. The summed E-state index contributed by atoms with van der Waals surface area (Å²) in [6.45, 7) is 4.44. The van der Waals surface area contributed by atoms with Crippen LogP contribution in [0.25, 0.3) is 17.2 Å². The Morgan fingerprint density at radius 1 is 1.23 bits per heavy atom. The van der Waals surface area contributed by atoms with Gasteiger partial charge in [0.15, 0.2) is 0 Å². The summed E-state index contributed by atoms with van der Waals surface area (Å²) in [5.41, 5.74) is 4.04. The summed E-state index contributed by atoms with van der Waals surface area (Å²) in [6, 6.07) is 10.2. The summed E-state index contributed by atoms with van der Waals surface area (Å²) in [6.07, 6.45) is 6.02. The molecule has 1 aliphatic heterocycles. The van der Waals surface area contributed by atoms with Crippen molar-refractivity contribution in [1.82, 2.24) is 4.98 Å². The van der Waals surface area contributed by atoms with Crippen molar-refractivity contribution in [1.29, 1.82) is 0 Å². The standard InChI is InChI=1S/C17H17BN3O/c1-12-11-14-13-7-6-9-19-17(13)22-16(14)18(2)21(12)15-8-4-5-10-20(15)3/h4-11H,1-3H3/q+1. The van der Waals surface area contributed by atoms with Crippen LogP contribution in [0.1, 0.15) is 12.5 Å². The maximum absolute atomic E-state index is 6.04. The van der Waals surface area contributed by atoms with Crippen molar-refractivity contribution in [2.75, 3.05) is 4.81 Å². The molecule has 0 bridgehead atoms. The predicted molar refractivity (Wildman–Crippen MR) is 89.0 cm³/mol. The fourth-order valence-corrected chi connectivity index (χ4v) is 3.27. The van der Waals surface area contributed by atoms with Gasteiger partial charge in [0.25, 0.3) is 5.82 Å². The molecule has 0 N–H and O–H groups in total. The van der Waals surface area contributed by atoms with Crippen LogP contribution in [-0.2, 0) is 7.05 Å². The van der Waals surface area contributed by atoms with Gasteiger partial charge >= 0.3 is 6.85 Å². The molecule has 0 saturated carbocycles. The van der Waals surface area contributed by atoms with Gasteiger partial charge in [-0.2, -0.15) is 0 Å². The van der Waals surface area contributed by atoms with Gasteiger partial charge in [0, 0.05) is 23.2 Å². The summed E-state index contributed by atoms with van der Waals surface area (Å²) >= 11 is 0. The lowest BCUT2D eigenvalue weighted by molar-refractivity contribution is -0.658. The molecule has 0 radical (unpaired) electrons. The van der Waals surface area contributed by atoms with Crippen molar-refractivity contribution < 1.29 is 8.98 Å². The van der Waals surface area contributed by atoms with Crippen molar-refractivity contribution in [3.63, 3.8) is 0 Å². The predicted octanol–water partition coefficient (Wildman–Crippen LogP) is 2.36. The third kappa shape index (κ3) is 1.78. The van der Waals surface area contributed by atoms with E-state index in [-0.39, 0.29) is 6.85 Å². The van der Waals surface area contributed by atoms with Crippen molar-refractivity contribution >= 4 is 35.5 Å². The fraction of sp³-hybridized carbons (Fsp3) is 0.176. The molecule has 22 heavy (non-hydrogen) atoms. The Balaban J connectivity index is 1.92. The van der Waals surface area contributed by atoms with E-state index < -0.39 is 0 Å². The molecular weight excluding hydrogens is 273 g/mol. The van der Waals surface area contributed by atoms with E-state index in [1.54, 1.807) is 6.20 Å². The van der Waals surface area contributed by atoms with Gasteiger partial charge in [0.05, 0.1) is 18.9 Å². The average molecular weight is 290 g/mol. The van der Waals surface area contributed by atoms with Gasteiger partial charge in [0.1, 0.15) is 5.66 Å². The Labute approximate surface area is 129 Å². The first kappa shape index (κ1) is 13.1. The van der Waals surface area contributed by atoms with E-state index in [0.29, 0.717) is 5.71 Å². The lowest BCUT2D eigenvalue weighted by Crippen LogP contribution is -2.52. The Morgan fingerprint density at radius 2 is 2.09 bits per heavy atom. The molecule has 0 fully saturated rings. The van der Waals surface area contributed by atoms with Crippen LogP contribution >= 0.6 is 0 Å². The SMILES string of the molecule is CB1c2oc3ncccc3c2C=C(C)N1c1cccc[n+]1C. The largest absolute Gasteiger partial charge is 0.447 e. The molecule has 0 atom stereocenters. The van der Waals surface area contributed by atoms with Crippen LogP contribution in [-0.4, -0.2) is 11.8 Å². The van der Waals surface area contributed by atoms with E-state index in [9.17, 15) is 0 Å². The van der Waals surface area contributed by atoms with Crippen LogP contribution in [0.5, 0.6) is 0 Å². The number of fused-ring (bicyclic) bond motifs is 3. The number of aromatic nitrogens is 2. The van der Waals surface area contributed by atoms with Crippen LogP contribution in [0.15, 0.2) is 52.8 Å². The molecule has 4 heterocycles. The third-order valence-electron chi connectivity index (χ3n) is 4.31.